The van der Waals surface area contributed by atoms with Gasteiger partial charge in [0.15, 0.2) is 0 Å². The fourth-order valence-electron chi connectivity index (χ4n) is 3.35. The van der Waals surface area contributed by atoms with Crippen LogP contribution in [-0.2, 0) is 6.54 Å². The summed E-state index contributed by atoms with van der Waals surface area (Å²) >= 11 is 0. The highest BCUT2D eigenvalue weighted by atomic mass is 16.1. The molecule has 5 heteroatoms. The van der Waals surface area contributed by atoms with Gasteiger partial charge in [0.2, 0.25) is 0 Å². The summed E-state index contributed by atoms with van der Waals surface area (Å²) in [7, 11) is 0. The molecule has 0 aliphatic rings. The molecule has 0 aliphatic heterocycles. The molecule has 2 heterocycles. The molecule has 2 aromatic heterocycles. The maximum atomic E-state index is 12.7. The van der Waals surface area contributed by atoms with Gasteiger partial charge in [-0.05, 0) is 54.8 Å². The van der Waals surface area contributed by atoms with Gasteiger partial charge in [0.05, 0.1) is 29.1 Å². The number of aryl methyl sites for hydroxylation is 2. The Balaban J connectivity index is 1.89. The maximum Gasteiger partial charge on any atom is 0.274 e. The van der Waals surface area contributed by atoms with Crippen molar-refractivity contribution in [1.29, 1.82) is 5.26 Å². The van der Waals surface area contributed by atoms with E-state index in [2.05, 4.69) is 36.1 Å². The number of benzene rings is 2. The molecule has 2 N–H and O–H groups in total. The van der Waals surface area contributed by atoms with Gasteiger partial charge in [0.25, 0.3) is 5.56 Å². The molecular weight excluding hydrogens is 300 g/mol. The van der Waals surface area contributed by atoms with E-state index in [1.807, 2.05) is 12.3 Å². The standard InChI is InChI=1S/C19H16N4O/c1-11-7-12(2)18-14(5-6-21-18)16(11)10-23-19(24)15-8-13(9-20)3-4-17(15)22-23/h3-8,21-22H,10H2,1-2H3. The van der Waals surface area contributed by atoms with Gasteiger partial charge in [-0.25, -0.2) is 4.68 Å². The predicted molar refractivity (Wildman–Crippen MR) is 94.1 cm³/mol. The number of nitriles is 1. The maximum absolute atomic E-state index is 12.7. The minimum atomic E-state index is -0.106. The van der Waals surface area contributed by atoms with Gasteiger partial charge in [-0.1, -0.05) is 6.07 Å². The highest BCUT2D eigenvalue weighted by molar-refractivity contribution is 5.87. The zero-order valence-electron chi connectivity index (χ0n) is 13.5. The van der Waals surface area contributed by atoms with Crippen LogP contribution in [0.15, 0.2) is 41.3 Å². The third kappa shape index (κ3) is 2.04. The van der Waals surface area contributed by atoms with Crippen LogP contribution in [0.3, 0.4) is 0 Å². The van der Waals surface area contributed by atoms with Crippen LogP contribution in [0.25, 0.3) is 21.8 Å². The van der Waals surface area contributed by atoms with E-state index >= 15 is 0 Å². The normalized spacial score (nSPS) is 11.2. The molecular formula is C19H16N4O. The van der Waals surface area contributed by atoms with Crippen molar-refractivity contribution >= 4 is 21.8 Å². The molecule has 5 nitrogen and oxygen atoms in total. The lowest BCUT2D eigenvalue weighted by Crippen LogP contribution is -2.18. The topological polar surface area (TPSA) is 77.4 Å². The molecule has 118 valence electrons. The molecule has 0 fully saturated rings. The van der Waals surface area contributed by atoms with Crippen LogP contribution in [0.2, 0.25) is 0 Å². The van der Waals surface area contributed by atoms with Crippen molar-refractivity contribution in [3.8, 4) is 6.07 Å². The molecule has 0 bridgehead atoms. The smallest absolute Gasteiger partial charge is 0.274 e. The van der Waals surface area contributed by atoms with E-state index in [1.54, 1.807) is 22.9 Å². The number of hydrogen-bond acceptors (Lipinski definition) is 2. The first-order valence-electron chi connectivity index (χ1n) is 7.77. The highest BCUT2D eigenvalue weighted by Crippen LogP contribution is 2.25. The number of aromatic nitrogens is 3. The number of H-pyrrole nitrogens is 2. The zero-order chi connectivity index (χ0) is 16.8. The van der Waals surface area contributed by atoms with Gasteiger partial charge < -0.3 is 4.98 Å². The van der Waals surface area contributed by atoms with Crippen molar-refractivity contribution in [3.05, 3.63) is 69.1 Å². The summed E-state index contributed by atoms with van der Waals surface area (Å²) in [5, 5.41) is 13.8. The second-order valence-corrected chi connectivity index (χ2v) is 6.13. The predicted octanol–water partition coefficient (Wildman–Crippen LogP) is 3.35. The fourth-order valence-corrected chi connectivity index (χ4v) is 3.35. The Kier molecular flexibility index (Phi) is 3.07. The third-order valence-corrected chi connectivity index (χ3v) is 4.57. The average molecular weight is 316 g/mol. The Bertz CT molecular complexity index is 1180. The molecule has 0 saturated carbocycles. The van der Waals surface area contributed by atoms with Crippen LogP contribution in [0.4, 0.5) is 0 Å². The highest BCUT2D eigenvalue weighted by Gasteiger charge is 2.13. The minimum absolute atomic E-state index is 0.106. The number of rotatable bonds is 2. The quantitative estimate of drug-likeness (QED) is 0.595. The molecule has 4 rings (SSSR count). The second kappa shape index (κ2) is 5.14. The summed E-state index contributed by atoms with van der Waals surface area (Å²) in [6.07, 6.45) is 1.92. The van der Waals surface area contributed by atoms with Crippen LogP contribution < -0.4 is 5.56 Å². The molecule has 0 saturated heterocycles. The summed E-state index contributed by atoms with van der Waals surface area (Å²) in [6.45, 7) is 4.61. The van der Waals surface area contributed by atoms with Crippen molar-refractivity contribution in [2.75, 3.05) is 0 Å². The zero-order valence-corrected chi connectivity index (χ0v) is 13.5. The van der Waals surface area contributed by atoms with Crippen LogP contribution in [0.5, 0.6) is 0 Å². The van der Waals surface area contributed by atoms with E-state index in [0.717, 1.165) is 27.5 Å². The minimum Gasteiger partial charge on any atom is -0.361 e. The number of aromatic amines is 2. The monoisotopic (exact) mass is 316 g/mol. The lowest BCUT2D eigenvalue weighted by molar-refractivity contribution is 0.673. The molecule has 0 unspecified atom stereocenters. The molecule has 24 heavy (non-hydrogen) atoms. The number of nitrogens with zero attached hydrogens (tertiary/aromatic N) is 2. The Hall–Kier alpha value is -3.26. The van der Waals surface area contributed by atoms with Crippen molar-refractivity contribution < 1.29 is 0 Å². The van der Waals surface area contributed by atoms with E-state index in [0.29, 0.717) is 17.5 Å². The summed E-state index contributed by atoms with van der Waals surface area (Å²) < 4.78 is 1.61. The largest absolute Gasteiger partial charge is 0.361 e. The lowest BCUT2D eigenvalue weighted by atomic mass is 10.0. The van der Waals surface area contributed by atoms with E-state index in [9.17, 15) is 4.79 Å². The lowest BCUT2D eigenvalue weighted by Gasteiger charge is -2.10. The van der Waals surface area contributed by atoms with E-state index in [4.69, 9.17) is 5.26 Å². The first-order valence-corrected chi connectivity index (χ1v) is 7.77. The Morgan fingerprint density at radius 1 is 1.12 bits per heavy atom. The first-order chi connectivity index (χ1) is 11.6. The van der Waals surface area contributed by atoms with Crippen molar-refractivity contribution in [3.63, 3.8) is 0 Å². The fraction of sp³-hybridized carbons (Fsp3) is 0.158. The third-order valence-electron chi connectivity index (χ3n) is 4.57. The molecule has 0 spiro atoms. The van der Waals surface area contributed by atoms with Gasteiger partial charge in [-0.15, -0.1) is 0 Å². The Labute approximate surface area is 138 Å². The SMILES string of the molecule is Cc1cc(C)c2[nH]ccc2c1Cn1[nH]c2ccc(C#N)cc2c1=O. The number of nitrogens with one attached hydrogen (secondary N) is 2. The molecule has 2 aromatic carbocycles. The summed E-state index contributed by atoms with van der Waals surface area (Å²) in [5.74, 6) is 0. The average Bonchev–Trinajstić information content (AvgIpc) is 3.17. The van der Waals surface area contributed by atoms with Crippen molar-refractivity contribution in [2.45, 2.75) is 20.4 Å². The van der Waals surface area contributed by atoms with Gasteiger partial charge in [-0.3, -0.25) is 9.89 Å². The number of fused-ring (bicyclic) bond motifs is 2. The van der Waals surface area contributed by atoms with E-state index < -0.39 is 0 Å². The van der Waals surface area contributed by atoms with Gasteiger partial charge in [0, 0.05) is 17.1 Å². The van der Waals surface area contributed by atoms with E-state index in [1.165, 1.54) is 5.56 Å². The van der Waals surface area contributed by atoms with Gasteiger partial charge >= 0.3 is 0 Å². The van der Waals surface area contributed by atoms with Crippen molar-refractivity contribution in [2.24, 2.45) is 0 Å². The summed E-state index contributed by atoms with van der Waals surface area (Å²) in [4.78, 5) is 15.9. The van der Waals surface area contributed by atoms with Crippen LogP contribution in [0, 0.1) is 25.2 Å². The first kappa shape index (κ1) is 14.3. The van der Waals surface area contributed by atoms with Gasteiger partial charge in [0.1, 0.15) is 0 Å². The molecule has 0 amide bonds. The second-order valence-electron chi connectivity index (χ2n) is 6.13. The van der Waals surface area contributed by atoms with Crippen LogP contribution >= 0.6 is 0 Å². The summed E-state index contributed by atoms with van der Waals surface area (Å²) in [6, 6.07) is 11.4. The number of hydrogen-bond donors (Lipinski definition) is 2. The molecule has 4 aromatic rings. The van der Waals surface area contributed by atoms with E-state index in [-0.39, 0.29) is 5.56 Å². The Morgan fingerprint density at radius 2 is 1.96 bits per heavy atom. The van der Waals surface area contributed by atoms with Crippen molar-refractivity contribution in [1.82, 2.24) is 14.8 Å². The van der Waals surface area contributed by atoms with Gasteiger partial charge in [-0.2, -0.15) is 5.26 Å². The molecule has 0 atom stereocenters. The summed E-state index contributed by atoms with van der Waals surface area (Å²) in [5.41, 5.74) is 5.70. The molecule has 0 radical (unpaired) electrons. The van der Waals surface area contributed by atoms with Crippen LogP contribution in [0.1, 0.15) is 22.3 Å². The van der Waals surface area contributed by atoms with Crippen LogP contribution in [-0.4, -0.2) is 14.8 Å². The molecule has 0 aliphatic carbocycles. The Morgan fingerprint density at radius 3 is 2.75 bits per heavy atom.